The molecule has 0 amide bonds. The number of aliphatic carboxylic acids is 4. The van der Waals surface area contributed by atoms with Crippen molar-refractivity contribution in [2.45, 2.75) is 0 Å². The molecule has 0 aromatic carbocycles. The molecule has 20 heavy (non-hydrogen) atoms. The van der Waals surface area contributed by atoms with Crippen LogP contribution in [0.5, 0.6) is 0 Å². The third kappa shape index (κ3) is 45.4. The summed E-state index contributed by atoms with van der Waals surface area (Å²) in [6, 6.07) is 0. The molecule has 0 aromatic heterocycles. The number of carbonyl (C=O) groups excluding carboxylic acids is 2. The van der Waals surface area contributed by atoms with Gasteiger partial charge in [-0.1, -0.05) is 0 Å². The van der Waals surface area contributed by atoms with Gasteiger partial charge in [0.1, 0.15) is 13.1 Å². The third-order valence-electron chi connectivity index (χ3n) is 0.974. The van der Waals surface area contributed by atoms with E-state index < -0.39 is 23.9 Å². The standard InChI is InChI=1S/2C4H4O4.C2H8N2/c2*5-3(6)1-2-4(7)8;3-1-2-4/h2*1-2H,(H,5,6)(H,7,8);1-4H2/b2*2-1-;. The van der Waals surface area contributed by atoms with E-state index in [1.807, 2.05) is 0 Å². The van der Waals surface area contributed by atoms with Gasteiger partial charge in [-0.3, -0.25) is 0 Å². The molecule has 0 saturated heterocycles. The summed E-state index contributed by atoms with van der Waals surface area (Å²) in [4.78, 5) is 37.9. The van der Waals surface area contributed by atoms with E-state index in [-0.39, 0.29) is 0 Å². The first-order chi connectivity index (χ1) is 9.17. The maximum absolute atomic E-state index is 9.53. The highest BCUT2D eigenvalue weighted by atomic mass is 16.4. The van der Waals surface area contributed by atoms with Crippen LogP contribution < -0.4 is 21.7 Å². The van der Waals surface area contributed by atoms with Gasteiger partial charge in [-0.05, 0) is 12.2 Å². The van der Waals surface area contributed by atoms with Gasteiger partial charge < -0.3 is 41.5 Å². The number of quaternary nitrogens is 2. The lowest BCUT2D eigenvalue weighted by Crippen LogP contribution is -2.64. The molecular formula is C10H16N2O8. The predicted molar refractivity (Wildman–Crippen MR) is 59.1 cm³/mol. The van der Waals surface area contributed by atoms with E-state index >= 15 is 0 Å². The Morgan fingerprint density at radius 3 is 1.05 bits per heavy atom. The van der Waals surface area contributed by atoms with Crippen molar-refractivity contribution in [3.63, 3.8) is 0 Å². The smallest absolute Gasteiger partial charge is 0.328 e. The Morgan fingerprint density at radius 1 is 0.750 bits per heavy atom. The van der Waals surface area contributed by atoms with Crippen LogP contribution in [-0.2, 0) is 19.2 Å². The molecule has 0 fully saturated rings. The van der Waals surface area contributed by atoms with Crippen LogP contribution in [0.4, 0.5) is 0 Å². The van der Waals surface area contributed by atoms with Crippen LogP contribution in [0.1, 0.15) is 0 Å². The molecule has 0 aliphatic carbocycles. The zero-order valence-electron chi connectivity index (χ0n) is 10.5. The highest BCUT2D eigenvalue weighted by molar-refractivity contribution is 5.89. The molecule has 10 nitrogen and oxygen atoms in total. The van der Waals surface area contributed by atoms with E-state index in [2.05, 4.69) is 11.5 Å². The van der Waals surface area contributed by atoms with Crippen LogP contribution in [0.2, 0.25) is 0 Å². The largest absolute Gasteiger partial charge is 0.545 e. The molecule has 8 N–H and O–H groups in total. The van der Waals surface area contributed by atoms with Crippen molar-refractivity contribution in [2.75, 3.05) is 13.1 Å². The first-order valence-electron chi connectivity index (χ1n) is 4.99. The highest BCUT2D eigenvalue weighted by Crippen LogP contribution is 1.68. The fourth-order valence-electron chi connectivity index (χ4n) is 0.279. The average Bonchev–Trinajstić information content (AvgIpc) is 2.35. The summed E-state index contributed by atoms with van der Waals surface area (Å²) >= 11 is 0. The Morgan fingerprint density at radius 2 is 1.00 bits per heavy atom. The van der Waals surface area contributed by atoms with Crippen LogP contribution in [0, 0.1) is 0 Å². The second-order valence-electron chi connectivity index (χ2n) is 2.69. The maximum atomic E-state index is 9.53. The number of hydrogen-bond donors (Lipinski definition) is 4. The second kappa shape index (κ2) is 16.3. The highest BCUT2D eigenvalue weighted by Gasteiger charge is 1.82. The monoisotopic (exact) mass is 292 g/mol. The predicted octanol–water partition coefficient (Wildman–Crippen LogP) is -5.78. The van der Waals surface area contributed by atoms with Gasteiger partial charge >= 0.3 is 11.9 Å². The zero-order valence-corrected chi connectivity index (χ0v) is 10.5. The van der Waals surface area contributed by atoms with Crippen molar-refractivity contribution in [3.8, 4) is 0 Å². The summed E-state index contributed by atoms with van der Waals surface area (Å²) in [5.74, 6) is -5.61. The molecule has 0 rings (SSSR count). The fraction of sp³-hybridized carbons (Fsp3) is 0.200. The molecule has 114 valence electrons. The van der Waals surface area contributed by atoms with Gasteiger partial charge in [0.15, 0.2) is 0 Å². The third-order valence-corrected chi connectivity index (χ3v) is 0.974. The minimum Gasteiger partial charge on any atom is -0.545 e. The van der Waals surface area contributed by atoms with Gasteiger partial charge in [0.05, 0.1) is 11.9 Å². The lowest BCUT2D eigenvalue weighted by Gasteiger charge is -1.85. The van der Waals surface area contributed by atoms with Crippen molar-refractivity contribution in [2.24, 2.45) is 0 Å². The van der Waals surface area contributed by atoms with Gasteiger partial charge in [-0.2, -0.15) is 0 Å². The molecule has 0 saturated carbocycles. The van der Waals surface area contributed by atoms with Crippen molar-refractivity contribution in [1.82, 2.24) is 0 Å². The quantitative estimate of drug-likeness (QED) is 0.357. The molecule has 0 radical (unpaired) electrons. The Kier molecular flexibility index (Phi) is 18.3. The Labute approximate surface area is 113 Å². The van der Waals surface area contributed by atoms with Crippen molar-refractivity contribution >= 4 is 23.9 Å². The van der Waals surface area contributed by atoms with Crippen LogP contribution in [-0.4, -0.2) is 47.2 Å². The lowest BCUT2D eigenvalue weighted by atomic mass is 10.5. The molecule has 0 spiro atoms. The summed E-state index contributed by atoms with van der Waals surface area (Å²) in [5.41, 5.74) is 7.08. The van der Waals surface area contributed by atoms with Gasteiger partial charge in [0.25, 0.3) is 0 Å². The zero-order chi connectivity index (χ0) is 16.6. The topological polar surface area (TPSA) is 210 Å². The Hall–Kier alpha value is -2.72. The number of hydrogen-bond acceptors (Lipinski definition) is 6. The molecule has 0 aliphatic heterocycles. The van der Waals surface area contributed by atoms with Crippen LogP contribution >= 0.6 is 0 Å². The van der Waals surface area contributed by atoms with E-state index in [1.54, 1.807) is 0 Å². The summed E-state index contributed by atoms with van der Waals surface area (Å²) < 4.78 is 0. The summed E-state index contributed by atoms with van der Waals surface area (Å²) in [5, 5.41) is 34.5. The number of carboxylic acids is 4. The molecule has 0 aliphatic rings. The SMILES string of the molecule is O=C([O-])/C=C\C(=O)O.O=C([O-])/C=C\C(=O)O.[NH3+]CC[NH3+]. The Balaban J connectivity index is -0.000000230. The lowest BCUT2D eigenvalue weighted by molar-refractivity contribution is -0.453. The molecule has 0 heterocycles. The molecule has 0 aromatic rings. The number of carboxylic acid groups (broad SMARTS) is 4. The minimum absolute atomic E-state index is 0.447. The van der Waals surface area contributed by atoms with Gasteiger partial charge in [0.2, 0.25) is 0 Å². The van der Waals surface area contributed by atoms with E-state index in [0.717, 1.165) is 13.1 Å². The minimum atomic E-state index is -1.51. The van der Waals surface area contributed by atoms with Crippen LogP contribution in [0.25, 0.3) is 0 Å². The average molecular weight is 292 g/mol. The van der Waals surface area contributed by atoms with Crippen LogP contribution in [0.3, 0.4) is 0 Å². The first kappa shape index (κ1) is 22.5. The normalized spacial score (nSPS) is 9.10. The van der Waals surface area contributed by atoms with Crippen molar-refractivity contribution < 1.29 is 51.1 Å². The van der Waals surface area contributed by atoms with E-state index in [1.165, 1.54) is 0 Å². The molecular weight excluding hydrogens is 276 g/mol. The van der Waals surface area contributed by atoms with Gasteiger partial charge in [-0.15, -0.1) is 0 Å². The second-order valence-corrected chi connectivity index (χ2v) is 2.69. The summed E-state index contributed by atoms with van der Waals surface area (Å²) in [7, 11) is 0. The number of rotatable bonds is 5. The van der Waals surface area contributed by atoms with Crippen molar-refractivity contribution in [1.29, 1.82) is 0 Å². The molecule has 10 heteroatoms. The molecule has 0 unspecified atom stereocenters. The van der Waals surface area contributed by atoms with Gasteiger partial charge in [0, 0.05) is 12.2 Å². The molecule has 0 bridgehead atoms. The van der Waals surface area contributed by atoms with E-state index in [0.29, 0.717) is 24.3 Å². The summed E-state index contributed by atoms with van der Waals surface area (Å²) in [6.07, 6.45) is 1.88. The van der Waals surface area contributed by atoms with Gasteiger partial charge in [-0.25, -0.2) is 9.59 Å². The van der Waals surface area contributed by atoms with E-state index in [4.69, 9.17) is 10.2 Å². The van der Waals surface area contributed by atoms with E-state index in [9.17, 15) is 29.4 Å². The van der Waals surface area contributed by atoms with Crippen LogP contribution in [0.15, 0.2) is 24.3 Å². The summed E-state index contributed by atoms with van der Waals surface area (Å²) in [6.45, 7) is 1.92. The van der Waals surface area contributed by atoms with Crippen molar-refractivity contribution in [3.05, 3.63) is 24.3 Å². The molecule has 0 atom stereocenters. The Bertz CT molecular complexity index is 307. The first-order valence-corrected chi connectivity index (χ1v) is 4.99. The number of carbonyl (C=O) groups is 4. The maximum Gasteiger partial charge on any atom is 0.328 e. The fourth-order valence-corrected chi connectivity index (χ4v) is 0.279.